The summed E-state index contributed by atoms with van der Waals surface area (Å²) in [6.07, 6.45) is 5.29. The van der Waals surface area contributed by atoms with Crippen molar-refractivity contribution in [2.75, 3.05) is 13.2 Å². The minimum atomic E-state index is -0.703. The summed E-state index contributed by atoms with van der Waals surface area (Å²) < 4.78 is 30.6. The third kappa shape index (κ3) is 7.48. The van der Waals surface area contributed by atoms with E-state index in [0.29, 0.717) is 44.5 Å². The second-order valence-electron chi connectivity index (χ2n) is 10.0. The van der Waals surface area contributed by atoms with Crippen molar-refractivity contribution in [3.63, 3.8) is 0 Å². The van der Waals surface area contributed by atoms with Crippen LogP contribution < -0.4 is 0 Å². The van der Waals surface area contributed by atoms with Crippen LogP contribution in [0.15, 0.2) is 35.9 Å². The number of allylic oxidation sites excluding steroid dienone is 2. The Kier molecular flexibility index (Phi) is 9.25. The summed E-state index contributed by atoms with van der Waals surface area (Å²) in [6.45, 7) is 8.64. The number of benzene rings is 1. The highest BCUT2D eigenvalue weighted by Crippen LogP contribution is 2.46. The van der Waals surface area contributed by atoms with Crippen molar-refractivity contribution in [1.29, 1.82) is 0 Å². The number of carbonyl (C=O) groups excluding carboxylic acids is 2. The van der Waals surface area contributed by atoms with Crippen LogP contribution in [-0.4, -0.2) is 48.6 Å². The Morgan fingerprint density at radius 1 is 1.31 bits per heavy atom. The lowest BCUT2D eigenvalue weighted by molar-refractivity contribution is -0.156. The minimum absolute atomic E-state index is 0.0216. The molecule has 6 nitrogen and oxygen atoms in total. The van der Waals surface area contributed by atoms with Gasteiger partial charge in [0.2, 0.25) is 0 Å². The van der Waals surface area contributed by atoms with E-state index in [4.69, 9.17) is 14.2 Å². The summed E-state index contributed by atoms with van der Waals surface area (Å²) in [5.41, 5.74) is 3.36. The van der Waals surface area contributed by atoms with E-state index in [0.717, 1.165) is 23.1 Å². The Hall–Kier alpha value is -2.51. The Balaban J connectivity index is 1.84. The first kappa shape index (κ1) is 27.1. The lowest BCUT2D eigenvalue weighted by Gasteiger charge is -2.39. The largest absolute Gasteiger partial charge is 0.466 e. The number of aryl methyl sites for hydroxylation is 1. The molecule has 1 saturated heterocycles. The molecule has 3 rings (SSSR count). The van der Waals surface area contributed by atoms with Crippen molar-refractivity contribution in [2.45, 2.75) is 84.5 Å². The van der Waals surface area contributed by atoms with Crippen LogP contribution in [0.3, 0.4) is 0 Å². The zero-order chi connectivity index (χ0) is 25.6. The van der Waals surface area contributed by atoms with Crippen molar-refractivity contribution in [3.8, 4) is 0 Å². The number of rotatable bonds is 9. The van der Waals surface area contributed by atoms with Crippen LogP contribution in [0, 0.1) is 18.2 Å². The maximum Gasteiger partial charge on any atom is 0.309 e. The lowest BCUT2D eigenvalue weighted by Crippen LogP contribution is -2.32. The molecule has 1 fully saturated rings. The zero-order valence-electron chi connectivity index (χ0n) is 21.1. The van der Waals surface area contributed by atoms with Crippen molar-refractivity contribution < 1.29 is 33.3 Å². The summed E-state index contributed by atoms with van der Waals surface area (Å²) in [5.74, 6) is -0.874. The fourth-order valence-electron chi connectivity index (χ4n) is 4.88. The molecule has 1 aromatic carbocycles. The van der Waals surface area contributed by atoms with Crippen LogP contribution in [-0.2, 0) is 23.8 Å². The quantitative estimate of drug-likeness (QED) is 0.387. The molecule has 1 aromatic rings. The minimum Gasteiger partial charge on any atom is -0.466 e. The Labute approximate surface area is 207 Å². The molecule has 3 atom stereocenters. The van der Waals surface area contributed by atoms with Crippen LogP contribution in [0.4, 0.5) is 4.39 Å². The third-order valence-electron chi connectivity index (χ3n) is 6.58. The van der Waals surface area contributed by atoms with Gasteiger partial charge < -0.3 is 19.3 Å². The van der Waals surface area contributed by atoms with Gasteiger partial charge in [-0.15, -0.1) is 0 Å². The first-order valence-electron chi connectivity index (χ1n) is 12.4. The van der Waals surface area contributed by atoms with Crippen molar-refractivity contribution in [3.05, 3.63) is 52.9 Å². The van der Waals surface area contributed by atoms with Crippen LogP contribution in [0.2, 0.25) is 0 Å². The van der Waals surface area contributed by atoms with E-state index < -0.39 is 18.2 Å². The number of halogens is 1. The predicted molar refractivity (Wildman–Crippen MR) is 131 cm³/mol. The van der Waals surface area contributed by atoms with E-state index in [1.165, 1.54) is 6.07 Å². The molecular formula is C28H37FO6. The highest BCUT2D eigenvalue weighted by atomic mass is 19.1. The number of aliphatic hydroxyl groups excluding tert-OH is 1. The van der Waals surface area contributed by atoms with Gasteiger partial charge in [-0.05, 0) is 79.0 Å². The topological polar surface area (TPSA) is 82.1 Å². The molecular weight excluding hydrogens is 451 g/mol. The third-order valence-corrected chi connectivity index (χ3v) is 6.58. The van der Waals surface area contributed by atoms with Gasteiger partial charge in [-0.2, -0.15) is 0 Å². The van der Waals surface area contributed by atoms with E-state index in [-0.39, 0.29) is 29.7 Å². The fraction of sp³-hybridized carbons (Fsp3) is 0.571. The molecule has 1 N–H and O–H groups in total. The number of esters is 2. The van der Waals surface area contributed by atoms with E-state index in [2.05, 4.69) is 13.8 Å². The molecule has 0 bridgehead atoms. The monoisotopic (exact) mass is 488 g/mol. The summed E-state index contributed by atoms with van der Waals surface area (Å²) in [4.78, 5) is 23.4. The first-order valence-corrected chi connectivity index (χ1v) is 12.4. The van der Waals surface area contributed by atoms with E-state index >= 15 is 0 Å². The maximum atomic E-state index is 14.0. The number of cyclic esters (lactones) is 1. The molecule has 0 radical (unpaired) electrons. The molecule has 1 aliphatic heterocycles. The Bertz CT molecular complexity index is 980. The number of carbonyl (C=O) groups is 2. The zero-order valence-corrected chi connectivity index (χ0v) is 21.1. The standard InChI is InChI=1S/C28H37FO6/c1-5-33-26(31)7-6-12-34-22-16-23(19-8-11-25(29)18(2)13-19)24(28(3,4)17-22)10-9-21-14-20(30)15-27(32)35-21/h8-11,13,20-22,30H,5-7,12,14-17H2,1-4H3/b10-9+/t20-,21-,22?/m0/s1. The molecule has 0 amide bonds. The average molecular weight is 489 g/mol. The van der Waals surface area contributed by atoms with E-state index in [1.807, 2.05) is 18.2 Å². The maximum absolute atomic E-state index is 14.0. The molecule has 0 saturated carbocycles. The molecule has 35 heavy (non-hydrogen) atoms. The molecule has 1 aliphatic carbocycles. The van der Waals surface area contributed by atoms with Gasteiger partial charge in [-0.3, -0.25) is 9.59 Å². The van der Waals surface area contributed by atoms with Gasteiger partial charge in [0.15, 0.2) is 0 Å². The Morgan fingerprint density at radius 3 is 2.77 bits per heavy atom. The number of hydrogen-bond acceptors (Lipinski definition) is 6. The number of hydrogen-bond donors (Lipinski definition) is 1. The fourth-order valence-corrected chi connectivity index (χ4v) is 4.88. The number of ether oxygens (including phenoxy) is 3. The second-order valence-corrected chi connectivity index (χ2v) is 10.0. The Morgan fingerprint density at radius 2 is 2.09 bits per heavy atom. The molecule has 7 heteroatoms. The van der Waals surface area contributed by atoms with E-state index in [1.54, 1.807) is 19.9 Å². The van der Waals surface area contributed by atoms with Crippen LogP contribution >= 0.6 is 0 Å². The van der Waals surface area contributed by atoms with Crippen molar-refractivity contribution >= 4 is 17.5 Å². The highest BCUT2D eigenvalue weighted by Gasteiger charge is 2.35. The summed E-state index contributed by atoms with van der Waals surface area (Å²) >= 11 is 0. The molecule has 192 valence electrons. The van der Waals surface area contributed by atoms with E-state index in [9.17, 15) is 19.1 Å². The van der Waals surface area contributed by atoms with Gasteiger partial charge in [0.1, 0.15) is 11.9 Å². The van der Waals surface area contributed by atoms with Crippen molar-refractivity contribution in [1.82, 2.24) is 0 Å². The molecule has 1 heterocycles. The first-order chi connectivity index (χ1) is 16.6. The summed E-state index contributed by atoms with van der Waals surface area (Å²) in [7, 11) is 0. The second kappa shape index (κ2) is 12.0. The average Bonchev–Trinajstić information content (AvgIpc) is 2.76. The van der Waals surface area contributed by atoms with Gasteiger partial charge in [-0.25, -0.2) is 4.39 Å². The predicted octanol–water partition coefficient (Wildman–Crippen LogP) is 5.06. The number of aliphatic hydroxyl groups is 1. The molecule has 1 unspecified atom stereocenters. The van der Waals surface area contributed by atoms with Crippen LogP contribution in [0.1, 0.15) is 70.4 Å². The molecule has 0 aromatic heterocycles. The van der Waals surface area contributed by atoms with Gasteiger partial charge >= 0.3 is 11.9 Å². The highest BCUT2D eigenvalue weighted by molar-refractivity contribution is 5.74. The van der Waals surface area contributed by atoms with Gasteiger partial charge in [0.25, 0.3) is 0 Å². The summed E-state index contributed by atoms with van der Waals surface area (Å²) in [6, 6.07) is 5.12. The van der Waals surface area contributed by atoms with Gasteiger partial charge in [-0.1, -0.05) is 26.0 Å². The lowest BCUT2D eigenvalue weighted by atomic mass is 9.69. The smallest absolute Gasteiger partial charge is 0.309 e. The normalized spacial score (nSPS) is 24.5. The molecule has 0 spiro atoms. The summed E-state index contributed by atoms with van der Waals surface area (Å²) in [5, 5.41) is 9.95. The SMILES string of the molecule is CCOC(=O)CCCOC1CC(c2ccc(F)c(C)c2)=C(/C=C/[C@H]2C[C@H](O)CC(=O)O2)C(C)(C)C1. The van der Waals surface area contributed by atoms with Crippen LogP contribution in [0.5, 0.6) is 0 Å². The van der Waals surface area contributed by atoms with Gasteiger partial charge in [0, 0.05) is 19.4 Å². The van der Waals surface area contributed by atoms with Crippen LogP contribution in [0.25, 0.3) is 5.57 Å². The van der Waals surface area contributed by atoms with Crippen molar-refractivity contribution in [2.24, 2.45) is 5.41 Å². The molecule has 2 aliphatic rings. The van der Waals surface area contributed by atoms with Gasteiger partial charge in [0.05, 0.1) is 25.2 Å².